The summed E-state index contributed by atoms with van der Waals surface area (Å²) < 4.78 is 13.0. The Morgan fingerprint density at radius 1 is 1.20 bits per heavy atom. The van der Waals surface area contributed by atoms with Crippen LogP contribution in [0.3, 0.4) is 0 Å². The Balaban J connectivity index is 1.60. The van der Waals surface area contributed by atoms with E-state index in [2.05, 4.69) is 21.7 Å². The molecular weight excluding hydrogens is 339 g/mol. The molecular formula is C18H23FN4OS. The molecule has 1 aliphatic rings. The summed E-state index contributed by atoms with van der Waals surface area (Å²) in [4.78, 5) is 23.0. The molecule has 1 aromatic heterocycles. The van der Waals surface area contributed by atoms with Crippen molar-refractivity contribution in [1.29, 1.82) is 0 Å². The maximum absolute atomic E-state index is 13.0. The van der Waals surface area contributed by atoms with Crippen LogP contribution in [0.25, 0.3) is 0 Å². The van der Waals surface area contributed by atoms with Gasteiger partial charge in [-0.25, -0.2) is 9.37 Å². The van der Waals surface area contributed by atoms with Crippen molar-refractivity contribution in [2.24, 2.45) is 0 Å². The lowest BCUT2D eigenvalue weighted by atomic mass is 10.2. The fourth-order valence-electron chi connectivity index (χ4n) is 2.95. The molecule has 0 radical (unpaired) electrons. The molecule has 134 valence electrons. The van der Waals surface area contributed by atoms with Crippen LogP contribution in [-0.4, -0.2) is 55.6 Å². The highest BCUT2D eigenvalue weighted by Gasteiger charge is 2.22. The zero-order valence-electron chi connectivity index (χ0n) is 14.6. The molecule has 1 aliphatic heterocycles. The first kappa shape index (κ1) is 17.7. The molecule has 0 N–H and O–H groups in total. The number of hydrogen-bond donors (Lipinski definition) is 0. The molecule has 0 aliphatic carbocycles. The van der Waals surface area contributed by atoms with E-state index >= 15 is 0 Å². The molecule has 1 amide bonds. The van der Waals surface area contributed by atoms with Gasteiger partial charge in [0.25, 0.3) is 5.91 Å². The average molecular weight is 362 g/mol. The number of thiazole rings is 1. The van der Waals surface area contributed by atoms with E-state index in [1.807, 2.05) is 24.6 Å². The second kappa shape index (κ2) is 7.82. The number of anilines is 2. The van der Waals surface area contributed by atoms with Crippen molar-refractivity contribution in [2.75, 3.05) is 49.6 Å². The molecule has 1 aromatic carbocycles. The molecule has 25 heavy (non-hydrogen) atoms. The summed E-state index contributed by atoms with van der Waals surface area (Å²) in [6.07, 6.45) is 0.935. The minimum atomic E-state index is -0.213. The number of carbonyl (C=O) groups excluding carboxylic acids is 1. The first-order valence-electron chi connectivity index (χ1n) is 8.55. The van der Waals surface area contributed by atoms with Gasteiger partial charge in [0.2, 0.25) is 0 Å². The first-order chi connectivity index (χ1) is 12.1. The Morgan fingerprint density at radius 2 is 1.84 bits per heavy atom. The van der Waals surface area contributed by atoms with Gasteiger partial charge in [-0.05, 0) is 30.7 Å². The van der Waals surface area contributed by atoms with E-state index in [1.54, 1.807) is 4.90 Å². The predicted octanol–water partition coefficient (Wildman–Crippen LogP) is 3.09. The lowest BCUT2D eigenvalue weighted by molar-refractivity contribution is 0.0790. The van der Waals surface area contributed by atoms with E-state index < -0.39 is 0 Å². The third-order valence-corrected chi connectivity index (χ3v) is 5.26. The van der Waals surface area contributed by atoms with E-state index in [0.29, 0.717) is 5.69 Å². The molecule has 1 fully saturated rings. The fraction of sp³-hybridized carbons (Fsp3) is 0.444. The van der Waals surface area contributed by atoms with Gasteiger partial charge in [0.05, 0.1) is 0 Å². The largest absolute Gasteiger partial charge is 0.368 e. The molecule has 0 bridgehead atoms. The Morgan fingerprint density at radius 3 is 2.48 bits per heavy atom. The van der Waals surface area contributed by atoms with Gasteiger partial charge in [0.1, 0.15) is 11.5 Å². The van der Waals surface area contributed by atoms with Crippen LogP contribution >= 0.6 is 11.3 Å². The Bertz CT molecular complexity index is 710. The summed E-state index contributed by atoms with van der Waals surface area (Å²) in [5.41, 5.74) is 1.56. The van der Waals surface area contributed by atoms with E-state index in [1.165, 1.54) is 23.5 Å². The van der Waals surface area contributed by atoms with Crippen molar-refractivity contribution < 1.29 is 9.18 Å². The molecule has 2 aromatic rings. The van der Waals surface area contributed by atoms with Gasteiger partial charge < -0.3 is 14.7 Å². The van der Waals surface area contributed by atoms with Crippen LogP contribution < -0.4 is 9.80 Å². The van der Waals surface area contributed by atoms with Gasteiger partial charge in [0.15, 0.2) is 5.13 Å². The smallest absolute Gasteiger partial charge is 0.273 e. The zero-order chi connectivity index (χ0) is 17.8. The quantitative estimate of drug-likeness (QED) is 0.819. The van der Waals surface area contributed by atoms with Crippen LogP contribution in [0, 0.1) is 5.82 Å². The number of amides is 1. The number of piperazine rings is 1. The van der Waals surface area contributed by atoms with E-state index in [0.717, 1.165) is 50.0 Å². The Kier molecular flexibility index (Phi) is 5.53. The van der Waals surface area contributed by atoms with Crippen molar-refractivity contribution in [1.82, 2.24) is 9.88 Å². The second-order valence-electron chi connectivity index (χ2n) is 6.19. The predicted molar refractivity (Wildman–Crippen MR) is 100 cm³/mol. The minimum absolute atomic E-state index is 0.0192. The number of nitrogens with zero attached hydrogens (tertiary/aromatic N) is 4. The maximum Gasteiger partial charge on any atom is 0.273 e. The fourth-order valence-corrected chi connectivity index (χ4v) is 3.80. The van der Waals surface area contributed by atoms with Crippen LogP contribution in [-0.2, 0) is 0 Å². The molecule has 1 saturated heterocycles. The van der Waals surface area contributed by atoms with Crippen LogP contribution in [0.1, 0.15) is 23.8 Å². The maximum atomic E-state index is 13.0. The monoisotopic (exact) mass is 362 g/mol. The van der Waals surface area contributed by atoms with Gasteiger partial charge in [-0.2, -0.15) is 0 Å². The molecule has 3 rings (SSSR count). The third kappa shape index (κ3) is 4.10. The summed E-state index contributed by atoms with van der Waals surface area (Å²) in [5, 5.41) is 2.74. The minimum Gasteiger partial charge on any atom is -0.368 e. The van der Waals surface area contributed by atoms with Crippen molar-refractivity contribution in [3.8, 4) is 0 Å². The molecule has 0 spiro atoms. The highest BCUT2D eigenvalue weighted by Crippen LogP contribution is 2.24. The molecule has 0 unspecified atom stereocenters. The average Bonchev–Trinajstić information content (AvgIpc) is 3.12. The zero-order valence-corrected chi connectivity index (χ0v) is 15.4. The van der Waals surface area contributed by atoms with Crippen LogP contribution in [0.15, 0.2) is 29.6 Å². The summed E-state index contributed by atoms with van der Waals surface area (Å²) >= 11 is 1.52. The van der Waals surface area contributed by atoms with Crippen LogP contribution in [0.2, 0.25) is 0 Å². The summed E-state index contributed by atoms with van der Waals surface area (Å²) in [6, 6.07) is 6.61. The van der Waals surface area contributed by atoms with E-state index in [9.17, 15) is 9.18 Å². The van der Waals surface area contributed by atoms with Gasteiger partial charge in [-0.3, -0.25) is 4.79 Å². The van der Waals surface area contributed by atoms with Gasteiger partial charge >= 0.3 is 0 Å². The van der Waals surface area contributed by atoms with Gasteiger partial charge in [-0.1, -0.05) is 6.92 Å². The van der Waals surface area contributed by atoms with Crippen molar-refractivity contribution in [3.05, 3.63) is 41.2 Å². The summed E-state index contributed by atoms with van der Waals surface area (Å²) in [5.74, 6) is -0.232. The SMILES string of the molecule is CCCN(C)C(=O)c1csc(N2CCN(c3ccc(F)cc3)CC2)n1. The van der Waals surface area contributed by atoms with E-state index in [4.69, 9.17) is 0 Å². The molecule has 0 saturated carbocycles. The Labute approximate surface area is 151 Å². The van der Waals surface area contributed by atoms with Gasteiger partial charge in [-0.15, -0.1) is 11.3 Å². The molecule has 0 atom stereocenters. The van der Waals surface area contributed by atoms with Crippen LogP contribution in [0.5, 0.6) is 0 Å². The number of aromatic nitrogens is 1. The number of hydrogen-bond acceptors (Lipinski definition) is 5. The van der Waals surface area contributed by atoms with Crippen molar-refractivity contribution in [3.63, 3.8) is 0 Å². The Hall–Kier alpha value is -2.15. The number of rotatable bonds is 5. The summed E-state index contributed by atoms with van der Waals surface area (Å²) in [6.45, 7) is 6.17. The number of halogens is 1. The topological polar surface area (TPSA) is 39.7 Å². The lowest BCUT2D eigenvalue weighted by Gasteiger charge is -2.36. The second-order valence-corrected chi connectivity index (χ2v) is 7.03. The lowest BCUT2D eigenvalue weighted by Crippen LogP contribution is -2.46. The highest BCUT2D eigenvalue weighted by molar-refractivity contribution is 7.13. The third-order valence-electron chi connectivity index (χ3n) is 4.36. The first-order valence-corrected chi connectivity index (χ1v) is 9.43. The summed E-state index contributed by atoms with van der Waals surface area (Å²) in [7, 11) is 1.81. The normalized spacial score (nSPS) is 14.7. The number of carbonyl (C=O) groups is 1. The molecule has 2 heterocycles. The van der Waals surface area contributed by atoms with Crippen molar-refractivity contribution >= 4 is 28.1 Å². The van der Waals surface area contributed by atoms with Crippen LogP contribution in [0.4, 0.5) is 15.2 Å². The highest BCUT2D eigenvalue weighted by atomic mass is 32.1. The van der Waals surface area contributed by atoms with E-state index in [-0.39, 0.29) is 11.7 Å². The van der Waals surface area contributed by atoms with Crippen molar-refractivity contribution in [2.45, 2.75) is 13.3 Å². The number of benzene rings is 1. The standard InChI is InChI=1S/C18H23FN4OS/c1-3-8-21(2)17(24)16-13-25-18(20-16)23-11-9-22(10-12-23)15-6-4-14(19)5-7-15/h4-7,13H,3,8-12H2,1-2H3. The molecule has 5 nitrogen and oxygen atoms in total. The molecule has 7 heteroatoms. The van der Waals surface area contributed by atoms with Gasteiger partial charge in [0, 0.05) is 50.8 Å².